The molecule has 1 fully saturated rings. The molecule has 0 saturated carbocycles. The Morgan fingerprint density at radius 3 is 2.95 bits per heavy atom. The van der Waals surface area contributed by atoms with Gasteiger partial charge in [0, 0.05) is 39.4 Å². The van der Waals surface area contributed by atoms with Crippen LogP contribution in [0, 0.1) is 0 Å². The van der Waals surface area contributed by atoms with Crippen LogP contribution in [0.1, 0.15) is 6.42 Å². The maximum atomic E-state index is 12.0. The van der Waals surface area contributed by atoms with Gasteiger partial charge in [0.1, 0.15) is 0 Å². The highest BCUT2D eigenvalue weighted by atomic mass is 16.5. The molecule has 1 aliphatic heterocycles. The molecule has 2 heterocycles. The summed E-state index contributed by atoms with van der Waals surface area (Å²) >= 11 is 0. The Hall–Kier alpha value is -1.44. The molecular weight excluding hydrogens is 260 g/mol. The lowest BCUT2D eigenvalue weighted by molar-refractivity contribution is 0.121. The first-order valence-corrected chi connectivity index (χ1v) is 6.73. The Morgan fingerprint density at radius 2 is 2.35 bits per heavy atom. The molecule has 20 heavy (non-hydrogen) atoms. The van der Waals surface area contributed by atoms with Gasteiger partial charge in [0.15, 0.2) is 0 Å². The molecule has 7 nitrogen and oxygen atoms in total. The average Bonchev–Trinajstić information content (AvgIpc) is 2.90. The fourth-order valence-electron chi connectivity index (χ4n) is 2.38. The molecule has 112 valence electrons. The third-order valence-corrected chi connectivity index (χ3v) is 3.49. The van der Waals surface area contributed by atoms with E-state index >= 15 is 0 Å². The smallest absolute Gasteiger partial charge is 0.268 e. The summed E-state index contributed by atoms with van der Waals surface area (Å²) in [5, 5.41) is 4.18. The van der Waals surface area contributed by atoms with E-state index < -0.39 is 0 Å². The average molecular weight is 282 g/mol. The van der Waals surface area contributed by atoms with E-state index in [1.807, 2.05) is 0 Å². The molecule has 2 N–H and O–H groups in total. The van der Waals surface area contributed by atoms with Gasteiger partial charge in [0.05, 0.1) is 31.1 Å². The maximum absolute atomic E-state index is 12.0. The quantitative estimate of drug-likeness (QED) is 0.753. The third-order valence-electron chi connectivity index (χ3n) is 3.49. The minimum atomic E-state index is -0.235. The molecular formula is C13H22N4O3. The second-order valence-electron chi connectivity index (χ2n) is 5.04. The zero-order valence-electron chi connectivity index (χ0n) is 12.0. The van der Waals surface area contributed by atoms with Gasteiger partial charge >= 0.3 is 0 Å². The minimum absolute atomic E-state index is 0.144. The molecule has 1 aliphatic rings. The van der Waals surface area contributed by atoms with E-state index in [2.05, 4.69) is 10.00 Å². The molecule has 0 aliphatic carbocycles. The lowest BCUT2D eigenvalue weighted by Crippen LogP contribution is -2.36. The summed E-state index contributed by atoms with van der Waals surface area (Å²) in [5.41, 5.74) is 6.53. The third kappa shape index (κ3) is 3.56. The van der Waals surface area contributed by atoms with Crippen molar-refractivity contribution in [1.29, 1.82) is 0 Å². The number of nitrogens with zero attached hydrogens (tertiary/aromatic N) is 3. The number of aromatic nitrogens is 2. The minimum Gasteiger partial charge on any atom is -0.383 e. The van der Waals surface area contributed by atoms with Gasteiger partial charge in [-0.25, -0.2) is 4.68 Å². The molecule has 1 aromatic rings. The molecule has 0 bridgehead atoms. The highest BCUT2D eigenvalue weighted by molar-refractivity contribution is 5.44. The van der Waals surface area contributed by atoms with Crippen LogP contribution in [0.4, 0.5) is 5.69 Å². The zero-order chi connectivity index (χ0) is 14.5. The van der Waals surface area contributed by atoms with E-state index in [1.54, 1.807) is 26.5 Å². The summed E-state index contributed by atoms with van der Waals surface area (Å²) in [4.78, 5) is 14.1. The molecule has 0 amide bonds. The normalized spacial score (nSPS) is 20.4. The molecule has 2 atom stereocenters. The van der Waals surface area contributed by atoms with Crippen LogP contribution in [-0.2, 0) is 16.0 Å². The molecule has 0 spiro atoms. The van der Waals surface area contributed by atoms with E-state index in [-0.39, 0.29) is 17.7 Å². The van der Waals surface area contributed by atoms with Gasteiger partial charge in [0.25, 0.3) is 5.56 Å². The summed E-state index contributed by atoms with van der Waals surface area (Å²) in [5.74, 6) is 0. The van der Waals surface area contributed by atoms with Gasteiger partial charge in [-0.2, -0.15) is 5.10 Å². The lowest BCUT2D eigenvalue weighted by Gasteiger charge is -2.18. The van der Waals surface area contributed by atoms with Crippen LogP contribution in [0.25, 0.3) is 0 Å². The molecule has 0 radical (unpaired) electrons. The highest BCUT2D eigenvalue weighted by Crippen LogP contribution is 2.19. The van der Waals surface area contributed by atoms with Gasteiger partial charge in [-0.3, -0.25) is 4.79 Å². The number of methoxy groups -OCH3 is 2. The van der Waals surface area contributed by atoms with E-state index in [1.165, 1.54) is 4.68 Å². The lowest BCUT2D eigenvalue weighted by atomic mass is 10.3. The number of hydrogen-bond donors (Lipinski definition) is 1. The van der Waals surface area contributed by atoms with Crippen molar-refractivity contribution in [3.8, 4) is 0 Å². The summed E-state index contributed by atoms with van der Waals surface area (Å²) in [6.07, 6.45) is 2.91. The van der Waals surface area contributed by atoms with E-state index in [9.17, 15) is 4.79 Å². The standard InChI is InChI=1S/C13H22N4O3/c1-19-9-10(14)7-17-13(18)5-11(6-15-17)16-4-3-12(8-16)20-2/h5-6,10,12H,3-4,7-9,14H2,1-2H3. The number of ether oxygens (including phenoxy) is 2. The van der Waals surface area contributed by atoms with Crippen LogP contribution in [0.3, 0.4) is 0 Å². The van der Waals surface area contributed by atoms with Gasteiger partial charge in [-0.05, 0) is 6.42 Å². The van der Waals surface area contributed by atoms with Crippen molar-refractivity contribution in [3.05, 3.63) is 22.6 Å². The number of rotatable bonds is 6. The Balaban J connectivity index is 2.04. The second-order valence-corrected chi connectivity index (χ2v) is 5.04. The fourth-order valence-corrected chi connectivity index (χ4v) is 2.38. The first-order valence-electron chi connectivity index (χ1n) is 6.73. The van der Waals surface area contributed by atoms with Gasteiger partial charge in [0.2, 0.25) is 0 Å². The Morgan fingerprint density at radius 1 is 1.55 bits per heavy atom. The Kier molecular flexibility index (Phi) is 5.11. The van der Waals surface area contributed by atoms with E-state index in [4.69, 9.17) is 15.2 Å². The molecule has 1 aromatic heterocycles. The van der Waals surface area contributed by atoms with Crippen molar-refractivity contribution >= 4 is 5.69 Å². The number of nitrogens with two attached hydrogens (primary N) is 1. The molecule has 7 heteroatoms. The molecule has 2 unspecified atom stereocenters. The maximum Gasteiger partial charge on any atom is 0.268 e. The van der Waals surface area contributed by atoms with Gasteiger partial charge in [-0.1, -0.05) is 0 Å². The van der Waals surface area contributed by atoms with E-state index in [0.717, 1.165) is 25.2 Å². The van der Waals surface area contributed by atoms with Crippen molar-refractivity contribution in [2.45, 2.75) is 25.1 Å². The highest BCUT2D eigenvalue weighted by Gasteiger charge is 2.22. The Labute approximate surface area is 118 Å². The second kappa shape index (κ2) is 6.83. The van der Waals surface area contributed by atoms with Gasteiger partial charge < -0.3 is 20.1 Å². The topological polar surface area (TPSA) is 82.6 Å². The van der Waals surface area contributed by atoms with Crippen molar-refractivity contribution in [2.24, 2.45) is 5.73 Å². The van der Waals surface area contributed by atoms with Crippen LogP contribution >= 0.6 is 0 Å². The zero-order valence-corrected chi connectivity index (χ0v) is 12.0. The Bertz CT molecular complexity index is 491. The van der Waals surface area contributed by atoms with Crippen molar-refractivity contribution < 1.29 is 9.47 Å². The van der Waals surface area contributed by atoms with Crippen molar-refractivity contribution in [3.63, 3.8) is 0 Å². The van der Waals surface area contributed by atoms with Crippen LogP contribution in [0.5, 0.6) is 0 Å². The van der Waals surface area contributed by atoms with E-state index in [0.29, 0.717) is 13.2 Å². The predicted octanol–water partition coefficient (Wildman–Crippen LogP) is -0.558. The fraction of sp³-hybridized carbons (Fsp3) is 0.692. The molecule has 1 saturated heterocycles. The summed E-state index contributed by atoms with van der Waals surface area (Å²) in [7, 11) is 3.29. The van der Waals surface area contributed by atoms with Crippen molar-refractivity contribution in [2.75, 3.05) is 38.8 Å². The molecule has 0 aromatic carbocycles. The largest absolute Gasteiger partial charge is 0.383 e. The van der Waals surface area contributed by atoms with Crippen LogP contribution in [0.2, 0.25) is 0 Å². The first-order chi connectivity index (χ1) is 9.63. The SMILES string of the molecule is COCC(N)Cn1ncc(N2CCC(OC)C2)cc1=O. The monoisotopic (exact) mass is 282 g/mol. The predicted molar refractivity (Wildman–Crippen MR) is 76.0 cm³/mol. The summed E-state index contributed by atoms with van der Waals surface area (Å²) < 4.78 is 11.6. The van der Waals surface area contributed by atoms with Crippen LogP contribution in [-0.4, -0.2) is 55.8 Å². The molecule has 2 rings (SSSR count). The number of hydrogen-bond acceptors (Lipinski definition) is 6. The van der Waals surface area contributed by atoms with Gasteiger partial charge in [-0.15, -0.1) is 0 Å². The van der Waals surface area contributed by atoms with Crippen LogP contribution in [0.15, 0.2) is 17.1 Å². The van der Waals surface area contributed by atoms with Crippen LogP contribution < -0.4 is 16.2 Å². The summed E-state index contributed by atoms with van der Waals surface area (Å²) in [6.45, 7) is 2.43. The number of anilines is 1. The summed E-state index contributed by atoms with van der Waals surface area (Å²) in [6, 6.07) is 1.37. The first kappa shape index (κ1) is 15.0. The van der Waals surface area contributed by atoms with Crippen molar-refractivity contribution in [1.82, 2.24) is 9.78 Å².